The Morgan fingerprint density at radius 2 is 1.76 bits per heavy atom. The zero-order valence-corrected chi connectivity index (χ0v) is 13.9. The number of oxazole rings is 1. The summed E-state index contributed by atoms with van der Waals surface area (Å²) in [6.07, 6.45) is -0.660. The van der Waals surface area contributed by atoms with Crippen LogP contribution < -0.4 is 9.47 Å². The number of fused-ring (bicyclic) bond motifs is 1. The molecule has 0 N–H and O–H groups in total. The van der Waals surface area contributed by atoms with E-state index in [1.807, 2.05) is 24.3 Å². The van der Waals surface area contributed by atoms with Crippen molar-refractivity contribution in [1.29, 1.82) is 0 Å². The maximum atomic E-state index is 11.8. The summed E-state index contributed by atoms with van der Waals surface area (Å²) < 4.78 is 16.6. The molecule has 0 saturated carbocycles. The lowest BCUT2D eigenvalue weighted by Crippen LogP contribution is -2.25. The molecule has 0 saturated heterocycles. The van der Waals surface area contributed by atoms with Crippen molar-refractivity contribution in [1.82, 2.24) is 4.98 Å². The van der Waals surface area contributed by atoms with Gasteiger partial charge in [0.05, 0.1) is 6.42 Å². The van der Waals surface area contributed by atoms with Gasteiger partial charge in [-0.05, 0) is 50.2 Å². The zero-order valence-electron chi connectivity index (χ0n) is 13.9. The third-order valence-corrected chi connectivity index (χ3v) is 3.49. The van der Waals surface area contributed by atoms with Crippen LogP contribution in [-0.2, 0) is 9.59 Å². The van der Waals surface area contributed by atoms with E-state index >= 15 is 0 Å². The minimum atomic E-state index is -0.687. The van der Waals surface area contributed by atoms with Crippen molar-refractivity contribution < 1.29 is 23.5 Å². The molecule has 6 nitrogen and oxygen atoms in total. The highest BCUT2D eigenvalue weighted by Gasteiger charge is 2.16. The van der Waals surface area contributed by atoms with Crippen LogP contribution in [0.15, 0.2) is 52.9 Å². The lowest BCUT2D eigenvalue weighted by atomic mass is 10.1. The molecule has 25 heavy (non-hydrogen) atoms. The Kier molecular flexibility index (Phi) is 4.79. The average Bonchev–Trinajstić information content (AvgIpc) is 2.98. The van der Waals surface area contributed by atoms with Crippen LogP contribution in [0.4, 0.5) is 0 Å². The third kappa shape index (κ3) is 4.23. The lowest BCUT2D eigenvalue weighted by Gasteiger charge is -2.13. The Hall–Kier alpha value is -3.15. The van der Waals surface area contributed by atoms with Gasteiger partial charge in [-0.15, -0.1) is 0 Å². The summed E-state index contributed by atoms with van der Waals surface area (Å²) >= 11 is 0. The van der Waals surface area contributed by atoms with Crippen molar-refractivity contribution in [2.45, 2.75) is 26.4 Å². The third-order valence-electron chi connectivity index (χ3n) is 3.49. The summed E-state index contributed by atoms with van der Waals surface area (Å²) in [6, 6.07) is 14.1. The maximum Gasteiger partial charge on any atom is 0.400 e. The molecule has 2 aromatic carbocycles. The molecule has 128 valence electrons. The van der Waals surface area contributed by atoms with E-state index in [2.05, 4.69) is 4.98 Å². The number of rotatable bonds is 7. The number of benzene rings is 2. The van der Waals surface area contributed by atoms with Gasteiger partial charge in [0, 0.05) is 0 Å². The van der Waals surface area contributed by atoms with Gasteiger partial charge < -0.3 is 13.9 Å². The average molecular weight is 339 g/mol. The Balaban J connectivity index is 1.63. The molecule has 0 aliphatic heterocycles. The Morgan fingerprint density at radius 3 is 2.44 bits per heavy atom. The topological polar surface area (TPSA) is 78.6 Å². The van der Waals surface area contributed by atoms with Crippen LogP contribution in [-0.4, -0.2) is 22.7 Å². The summed E-state index contributed by atoms with van der Waals surface area (Å²) in [5.74, 6) is 0.609. The van der Waals surface area contributed by atoms with Crippen molar-refractivity contribution in [2.75, 3.05) is 0 Å². The van der Waals surface area contributed by atoms with E-state index in [1.54, 1.807) is 31.2 Å². The summed E-state index contributed by atoms with van der Waals surface area (Å²) in [4.78, 5) is 27.0. The second-order valence-corrected chi connectivity index (χ2v) is 5.63. The van der Waals surface area contributed by atoms with E-state index in [-0.39, 0.29) is 24.1 Å². The summed E-state index contributed by atoms with van der Waals surface area (Å²) in [7, 11) is 0. The van der Waals surface area contributed by atoms with Crippen LogP contribution in [0, 0.1) is 0 Å². The van der Waals surface area contributed by atoms with Gasteiger partial charge in [-0.3, -0.25) is 9.59 Å². The normalized spacial score (nSPS) is 11.9. The molecule has 0 amide bonds. The van der Waals surface area contributed by atoms with E-state index in [4.69, 9.17) is 13.9 Å². The van der Waals surface area contributed by atoms with Gasteiger partial charge in [0.15, 0.2) is 17.5 Å². The van der Waals surface area contributed by atoms with Crippen molar-refractivity contribution in [2.24, 2.45) is 0 Å². The predicted octanol–water partition coefficient (Wildman–Crippen LogP) is 3.94. The lowest BCUT2D eigenvalue weighted by molar-refractivity contribution is -0.130. The monoisotopic (exact) mass is 339 g/mol. The number of carbonyl (C=O) groups is 2. The fourth-order valence-electron chi connectivity index (χ4n) is 2.24. The van der Waals surface area contributed by atoms with Gasteiger partial charge in [0.25, 0.3) is 0 Å². The van der Waals surface area contributed by atoms with E-state index in [0.717, 1.165) is 5.52 Å². The molecule has 0 aliphatic carbocycles. The molecule has 6 heteroatoms. The highest BCUT2D eigenvalue weighted by Crippen LogP contribution is 2.26. The second-order valence-electron chi connectivity index (χ2n) is 5.63. The molecule has 3 rings (SSSR count). The van der Waals surface area contributed by atoms with Crippen molar-refractivity contribution in [3.05, 3.63) is 48.5 Å². The van der Waals surface area contributed by atoms with Crippen LogP contribution in [0.3, 0.4) is 0 Å². The number of para-hydroxylation sites is 2. The molecule has 1 atom stereocenters. The first-order chi connectivity index (χ1) is 12.0. The summed E-state index contributed by atoms with van der Waals surface area (Å²) in [6.45, 7) is 3.00. The molecule has 0 aliphatic rings. The predicted molar refractivity (Wildman–Crippen MR) is 90.9 cm³/mol. The number of ketones is 2. The number of ether oxygens (including phenoxy) is 2. The Labute approximate surface area is 144 Å². The number of aromatic nitrogens is 1. The summed E-state index contributed by atoms with van der Waals surface area (Å²) in [5.41, 5.74) is 1.37. The molecular weight excluding hydrogens is 322 g/mol. The number of nitrogens with zero attached hydrogens (tertiary/aromatic N) is 1. The summed E-state index contributed by atoms with van der Waals surface area (Å²) in [5, 5.41) is 0. The second kappa shape index (κ2) is 7.17. The van der Waals surface area contributed by atoms with Crippen molar-refractivity contribution in [3.63, 3.8) is 0 Å². The number of carbonyl (C=O) groups excluding carboxylic acids is 2. The smallest absolute Gasteiger partial charge is 0.400 e. The molecule has 1 aromatic heterocycles. The highest BCUT2D eigenvalue weighted by molar-refractivity contribution is 6.00. The molecule has 0 spiro atoms. The van der Waals surface area contributed by atoms with E-state index in [0.29, 0.717) is 17.1 Å². The quantitative estimate of drug-likeness (QED) is 0.607. The first-order valence-electron chi connectivity index (χ1n) is 7.83. The van der Waals surface area contributed by atoms with Gasteiger partial charge in [-0.25, -0.2) is 0 Å². The maximum absolute atomic E-state index is 11.8. The molecule has 1 unspecified atom stereocenters. The molecule has 0 fully saturated rings. The van der Waals surface area contributed by atoms with Crippen LogP contribution in [0.2, 0.25) is 0 Å². The Bertz CT molecular complexity index is 865. The minimum Gasteiger partial charge on any atom is -0.483 e. The van der Waals surface area contributed by atoms with Crippen molar-refractivity contribution in [3.8, 4) is 17.6 Å². The number of hydrogen-bond donors (Lipinski definition) is 0. The molecule has 0 bridgehead atoms. The van der Waals surface area contributed by atoms with E-state index in [1.165, 1.54) is 6.92 Å². The molecular formula is C19H17NO5. The fraction of sp³-hybridized carbons (Fsp3) is 0.211. The van der Waals surface area contributed by atoms with E-state index in [9.17, 15) is 9.59 Å². The first-order valence-corrected chi connectivity index (χ1v) is 7.83. The van der Waals surface area contributed by atoms with Gasteiger partial charge in [-0.1, -0.05) is 12.1 Å². The van der Waals surface area contributed by atoms with Gasteiger partial charge in [0.2, 0.25) is 0 Å². The SMILES string of the molecule is CC(=O)CC(=O)C(C)Oc1ccc(Oc2nc3ccccc3o2)cc1. The number of hydrogen-bond acceptors (Lipinski definition) is 6. The zero-order chi connectivity index (χ0) is 17.8. The molecule has 0 radical (unpaired) electrons. The van der Waals surface area contributed by atoms with Crippen LogP contribution in [0.1, 0.15) is 20.3 Å². The Morgan fingerprint density at radius 1 is 1.08 bits per heavy atom. The standard InChI is InChI=1S/C19H17NO5/c1-12(21)11-17(22)13(2)23-14-7-9-15(10-8-14)24-19-20-16-5-3-4-6-18(16)25-19/h3-10,13H,11H2,1-2H3. The van der Waals surface area contributed by atoms with Crippen LogP contribution in [0.25, 0.3) is 11.1 Å². The first kappa shape index (κ1) is 16.7. The highest BCUT2D eigenvalue weighted by atomic mass is 16.6. The fourth-order valence-corrected chi connectivity index (χ4v) is 2.24. The largest absolute Gasteiger partial charge is 0.483 e. The van der Waals surface area contributed by atoms with Crippen LogP contribution >= 0.6 is 0 Å². The number of Topliss-reactive ketones (excluding diaryl/α,β-unsaturated/α-hetero) is 2. The van der Waals surface area contributed by atoms with Crippen molar-refractivity contribution >= 4 is 22.7 Å². The molecule has 3 aromatic rings. The van der Waals surface area contributed by atoms with Crippen LogP contribution in [0.5, 0.6) is 17.6 Å². The van der Waals surface area contributed by atoms with Gasteiger partial charge in [0.1, 0.15) is 22.8 Å². The molecule has 1 heterocycles. The minimum absolute atomic E-state index is 0.125. The van der Waals surface area contributed by atoms with Gasteiger partial charge in [-0.2, -0.15) is 4.98 Å². The van der Waals surface area contributed by atoms with Gasteiger partial charge >= 0.3 is 6.08 Å². The van der Waals surface area contributed by atoms with E-state index < -0.39 is 6.10 Å².